The normalized spacial score (nSPS) is 16.4. The van der Waals surface area contributed by atoms with Crippen LogP contribution in [0.15, 0.2) is 41.5 Å². The first-order chi connectivity index (χ1) is 13.2. The number of hydrogen-bond acceptors (Lipinski definition) is 5. The fourth-order valence-electron chi connectivity index (χ4n) is 3.94. The van der Waals surface area contributed by atoms with E-state index >= 15 is 0 Å². The number of rotatable bonds is 3. The lowest BCUT2D eigenvalue weighted by atomic mass is 9.98. The molecule has 0 atom stereocenters. The van der Waals surface area contributed by atoms with E-state index in [2.05, 4.69) is 15.1 Å². The minimum atomic E-state index is -0.0338. The molecule has 1 aliphatic carbocycles. The number of likely N-dealkylation sites (tertiary alicyclic amines) is 1. The smallest absolute Gasteiger partial charge is 0.267 e. The molecule has 7 nitrogen and oxygen atoms in total. The third-order valence-electron chi connectivity index (χ3n) is 5.42. The summed E-state index contributed by atoms with van der Waals surface area (Å²) in [7, 11) is 0. The van der Waals surface area contributed by atoms with Crippen LogP contribution in [0.1, 0.15) is 28.0 Å². The Morgan fingerprint density at radius 1 is 1.07 bits per heavy atom. The Bertz CT molecular complexity index is 1100. The van der Waals surface area contributed by atoms with Gasteiger partial charge in [0.2, 0.25) is 0 Å². The highest BCUT2D eigenvalue weighted by molar-refractivity contribution is 5.97. The summed E-state index contributed by atoms with van der Waals surface area (Å²) in [6, 6.07) is 7.12. The lowest BCUT2D eigenvalue weighted by Gasteiger charge is -2.39. The van der Waals surface area contributed by atoms with Gasteiger partial charge in [0.05, 0.1) is 23.3 Å². The number of amides is 1. The third-order valence-corrected chi connectivity index (χ3v) is 5.42. The predicted molar refractivity (Wildman–Crippen MR) is 99.5 cm³/mol. The van der Waals surface area contributed by atoms with Crippen LogP contribution in [0.5, 0.6) is 0 Å². The van der Waals surface area contributed by atoms with Crippen molar-refractivity contribution in [3.8, 4) is 0 Å². The molecule has 0 bridgehead atoms. The molecule has 0 N–H and O–H groups in total. The van der Waals surface area contributed by atoms with E-state index in [9.17, 15) is 9.59 Å². The predicted octanol–water partition coefficient (Wildman–Crippen LogP) is 1.45. The number of aromatic nitrogens is 4. The monoisotopic (exact) mass is 361 g/mol. The molecule has 0 radical (unpaired) electrons. The number of fused-ring (bicyclic) bond motifs is 2. The van der Waals surface area contributed by atoms with Crippen LogP contribution >= 0.6 is 0 Å². The fourth-order valence-corrected chi connectivity index (χ4v) is 3.94. The van der Waals surface area contributed by atoms with Crippen LogP contribution in [-0.4, -0.2) is 43.6 Å². The molecule has 1 aliphatic heterocycles. The first kappa shape index (κ1) is 16.1. The number of carbonyl (C=O) groups excluding carboxylic acids is 1. The van der Waals surface area contributed by atoms with Gasteiger partial charge in [-0.1, -0.05) is 0 Å². The minimum absolute atomic E-state index is 0.00642. The quantitative estimate of drug-likeness (QED) is 0.705. The molecule has 3 heterocycles. The van der Waals surface area contributed by atoms with E-state index < -0.39 is 0 Å². The Morgan fingerprint density at radius 3 is 2.74 bits per heavy atom. The zero-order valence-electron chi connectivity index (χ0n) is 14.8. The van der Waals surface area contributed by atoms with Gasteiger partial charge in [0, 0.05) is 43.0 Å². The fraction of sp³-hybridized carbons (Fsp3) is 0.350. The van der Waals surface area contributed by atoms with Crippen LogP contribution in [0.3, 0.4) is 0 Å². The molecule has 1 aromatic carbocycles. The van der Waals surface area contributed by atoms with Crippen molar-refractivity contribution < 1.29 is 4.79 Å². The highest BCUT2D eigenvalue weighted by atomic mass is 16.2. The molecule has 1 amide bonds. The number of hydrogen-bond donors (Lipinski definition) is 0. The summed E-state index contributed by atoms with van der Waals surface area (Å²) in [4.78, 5) is 35.2. The zero-order chi connectivity index (χ0) is 18.4. The standard InChI is InChI=1S/C20H19N5O2/c26-19-9-14-2-1-3-16(14)23-25(19)12-13-10-24(11-13)20(27)15-4-5-17-18(8-15)22-7-6-21-17/h4-9,13H,1-3,10-12H2. The average molecular weight is 361 g/mol. The Balaban J connectivity index is 1.26. The second-order valence-corrected chi connectivity index (χ2v) is 7.33. The first-order valence-corrected chi connectivity index (χ1v) is 9.27. The van der Waals surface area contributed by atoms with Gasteiger partial charge in [0.25, 0.3) is 11.5 Å². The molecule has 1 saturated heterocycles. The molecular formula is C20H19N5O2. The number of carbonyl (C=O) groups is 1. The number of nitrogens with zero attached hydrogens (tertiary/aromatic N) is 5. The minimum Gasteiger partial charge on any atom is -0.338 e. The van der Waals surface area contributed by atoms with Crippen molar-refractivity contribution in [1.82, 2.24) is 24.6 Å². The summed E-state index contributed by atoms with van der Waals surface area (Å²) in [5.74, 6) is 0.256. The Morgan fingerprint density at radius 2 is 1.89 bits per heavy atom. The van der Waals surface area contributed by atoms with Gasteiger partial charge in [-0.3, -0.25) is 19.6 Å². The second-order valence-electron chi connectivity index (χ2n) is 7.33. The van der Waals surface area contributed by atoms with E-state index in [1.54, 1.807) is 40.2 Å². The largest absolute Gasteiger partial charge is 0.338 e. The topological polar surface area (TPSA) is 81.0 Å². The molecule has 2 aromatic heterocycles. The van der Waals surface area contributed by atoms with Crippen molar-refractivity contribution in [2.75, 3.05) is 13.1 Å². The molecule has 0 spiro atoms. The van der Waals surface area contributed by atoms with Crippen molar-refractivity contribution in [3.63, 3.8) is 0 Å². The summed E-state index contributed by atoms with van der Waals surface area (Å²) in [6.45, 7) is 1.85. The van der Waals surface area contributed by atoms with E-state index in [0.29, 0.717) is 30.7 Å². The molecule has 7 heteroatoms. The number of benzene rings is 1. The van der Waals surface area contributed by atoms with Crippen LogP contribution in [-0.2, 0) is 19.4 Å². The Kier molecular flexibility index (Phi) is 3.74. The third kappa shape index (κ3) is 2.89. The molecule has 0 unspecified atom stereocenters. The van der Waals surface area contributed by atoms with Crippen LogP contribution in [0.4, 0.5) is 0 Å². The molecule has 5 rings (SSSR count). The lowest BCUT2D eigenvalue weighted by Crippen LogP contribution is -2.52. The molecule has 0 saturated carbocycles. The van der Waals surface area contributed by atoms with E-state index in [4.69, 9.17) is 0 Å². The van der Waals surface area contributed by atoms with Gasteiger partial charge in [-0.2, -0.15) is 5.10 Å². The number of aryl methyl sites for hydroxylation is 2. The van der Waals surface area contributed by atoms with Crippen molar-refractivity contribution in [2.24, 2.45) is 5.92 Å². The molecular weight excluding hydrogens is 342 g/mol. The van der Waals surface area contributed by atoms with Gasteiger partial charge in [-0.05, 0) is 43.0 Å². The summed E-state index contributed by atoms with van der Waals surface area (Å²) in [5.41, 5.74) is 4.23. The van der Waals surface area contributed by atoms with Crippen molar-refractivity contribution in [3.05, 3.63) is 63.8 Å². The zero-order valence-corrected chi connectivity index (χ0v) is 14.8. The van der Waals surface area contributed by atoms with E-state index in [0.717, 1.165) is 36.0 Å². The van der Waals surface area contributed by atoms with Gasteiger partial charge in [0.1, 0.15) is 0 Å². The van der Waals surface area contributed by atoms with E-state index in [1.807, 2.05) is 6.07 Å². The van der Waals surface area contributed by atoms with Crippen LogP contribution < -0.4 is 5.56 Å². The van der Waals surface area contributed by atoms with Crippen molar-refractivity contribution in [1.29, 1.82) is 0 Å². The van der Waals surface area contributed by atoms with Crippen molar-refractivity contribution >= 4 is 16.9 Å². The van der Waals surface area contributed by atoms with Gasteiger partial charge < -0.3 is 4.90 Å². The van der Waals surface area contributed by atoms with Crippen LogP contribution in [0, 0.1) is 5.92 Å². The van der Waals surface area contributed by atoms with E-state index in [-0.39, 0.29) is 17.4 Å². The van der Waals surface area contributed by atoms with Gasteiger partial charge >= 0.3 is 0 Å². The maximum absolute atomic E-state index is 12.7. The van der Waals surface area contributed by atoms with Gasteiger partial charge in [-0.15, -0.1) is 0 Å². The Labute approximate surface area is 155 Å². The van der Waals surface area contributed by atoms with E-state index in [1.165, 1.54) is 0 Å². The maximum Gasteiger partial charge on any atom is 0.267 e. The maximum atomic E-state index is 12.7. The Hall–Kier alpha value is -3.09. The van der Waals surface area contributed by atoms with Gasteiger partial charge in [0.15, 0.2) is 0 Å². The second kappa shape index (κ2) is 6.26. The van der Waals surface area contributed by atoms with Crippen LogP contribution in [0.25, 0.3) is 11.0 Å². The lowest BCUT2D eigenvalue weighted by molar-refractivity contribution is 0.0458. The SMILES string of the molecule is O=C(c1ccc2nccnc2c1)N1CC(Cn2nc3c(cc2=O)CCC3)C1. The summed E-state index contributed by atoms with van der Waals surface area (Å²) in [5, 5.41) is 4.52. The average Bonchev–Trinajstić information content (AvgIpc) is 3.10. The van der Waals surface area contributed by atoms with Crippen LogP contribution in [0.2, 0.25) is 0 Å². The molecule has 27 heavy (non-hydrogen) atoms. The highest BCUT2D eigenvalue weighted by Crippen LogP contribution is 2.22. The van der Waals surface area contributed by atoms with Crippen molar-refractivity contribution in [2.45, 2.75) is 25.8 Å². The molecule has 2 aliphatic rings. The summed E-state index contributed by atoms with van der Waals surface area (Å²) < 4.78 is 1.57. The molecule has 136 valence electrons. The molecule has 1 fully saturated rings. The summed E-state index contributed by atoms with van der Waals surface area (Å²) in [6.07, 6.45) is 6.25. The summed E-state index contributed by atoms with van der Waals surface area (Å²) >= 11 is 0. The van der Waals surface area contributed by atoms with Gasteiger partial charge in [-0.25, -0.2) is 4.68 Å². The highest BCUT2D eigenvalue weighted by Gasteiger charge is 2.32. The molecule has 3 aromatic rings. The first-order valence-electron chi connectivity index (χ1n) is 9.27.